The minimum atomic E-state index is -0.635. The van der Waals surface area contributed by atoms with Crippen molar-refractivity contribution in [3.05, 3.63) is 24.3 Å². The average Bonchev–Trinajstić information content (AvgIpc) is 1.87. The van der Waals surface area contributed by atoms with Crippen LogP contribution < -0.4 is 0 Å². The standard InChI is InChI=1S/C9H14O2/c1-3-5-8(10)7-9(11)6-4-2/h3-6,8,10H,7H2,1-2H3/b5-3+,6-4+. The number of aliphatic hydroxyl groups is 1. The number of aliphatic hydroxyl groups excluding tert-OH is 1. The molecular formula is C9H14O2. The van der Waals surface area contributed by atoms with Crippen molar-refractivity contribution >= 4 is 5.78 Å². The van der Waals surface area contributed by atoms with E-state index in [9.17, 15) is 4.79 Å². The molecule has 0 rings (SSSR count). The minimum absolute atomic E-state index is 0.0434. The largest absolute Gasteiger partial charge is 0.389 e. The smallest absolute Gasteiger partial charge is 0.158 e. The van der Waals surface area contributed by atoms with E-state index in [1.807, 2.05) is 6.92 Å². The Morgan fingerprint density at radius 3 is 2.55 bits per heavy atom. The highest BCUT2D eigenvalue weighted by molar-refractivity contribution is 5.89. The fraction of sp³-hybridized carbons (Fsp3) is 0.444. The molecule has 0 heterocycles. The number of hydrogen-bond acceptors (Lipinski definition) is 2. The molecular weight excluding hydrogens is 140 g/mol. The van der Waals surface area contributed by atoms with Crippen molar-refractivity contribution in [3.63, 3.8) is 0 Å². The monoisotopic (exact) mass is 154 g/mol. The molecule has 0 aliphatic carbocycles. The zero-order chi connectivity index (χ0) is 8.69. The third kappa shape index (κ3) is 5.55. The number of hydrogen-bond donors (Lipinski definition) is 1. The molecule has 0 saturated carbocycles. The maximum absolute atomic E-state index is 10.8. The topological polar surface area (TPSA) is 37.3 Å². The summed E-state index contributed by atoms with van der Waals surface area (Å²) in [6, 6.07) is 0. The molecule has 2 heteroatoms. The molecule has 0 fully saturated rings. The van der Waals surface area contributed by atoms with Crippen molar-refractivity contribution < 1.29 is 9.90 Å². The second kappa shape index (κ2) is 5.86. The van der Waals surface area contributed by atoms with Crippen molar-refractivity contribution in [2.75, 3.05) is 0 Å². The first-order valence-electron chi connectivity index (χ1n) is 3.67. The number of rotatable bonds is 4. The summed E-state index contributed by atoms with van der Waals surface area (Å²) in [5.74, 6) is -0.0434. The van der Waals surface area contributed by atoms with Crippen LogP contribution in [0.1, 0.15) is 20.3 Å². The predicted molar refractivity (Wildman–Crippen MR) is 45.3 cm³/mol. The van der Waals surface area contributed by atoms with Crippen molar-refractivity contribution in [3.8, 4) is 0 Å². The molecule has 62 valence electrons. The van der Waals surface area contributed by atoms with E-state index in [2.05, 4.69) is 0 Å². The van der Waals surface area contributed by atoms with Crippen LogP contribution >= 0.6 is 0 Å². The molecule has 0 spiro atoms. The number of carbonyl (C=O) groups excluding carboxylic acids is 1. The van der Waals surface area contributed by atoms with Crippen LogP contribution in [0.5, 0.6) is 0 Å². The Bertz CT molecular complexity index is 168. The van der Waals surface area contributed by atoms with Crippen LogP contribution in [0.4, 0.5) is 0 Å². The van der Waals surface area contributed by atoms with Gasteiger partial charge in [0.2, 0.25) is 0 Å². The Hall–Kier alpha value is -0.890. The molecule has 0 radical (unpaired) electrons. The van der Waals surface area contributed by atoms with Crippen LogP contribution in [0.25, 0.3) is 0 Å². The first-order chi connectivity index (χ1) is 5.20. The van der Waals surface area contributed by atoms with Crippen LogP contribution in [-0.4, -0.2) is 17.0 Å². The van der Waals surface area contributed by atoms with Gasteiger partial charge in [0.25, 0.3) is 0 Å². The number of allylic oxidation sites excluding steroid dienone is 3. The van der Waals surface area contributed by atoms with Crippen LogP contribution in [0.15, 0.2) is 24.3 Å². The lowest BCUT2D eigenvalue weighted by atomic mass is 10.1. The molecule has 0 aromatic heterocycles. The molecule has 0 aliphatic rings. The van der Waals surface area contributed by atoms with E-state index in [0.29, 0.717) is 0 Å². The summed E-state index contributed by atoms with van der Waals surface area (Å²) in [5.41, 5.74) is 0. The molecule has 1 N–H and O–H groups in total. The Morgan fingerprint density at radius 2 is 2.09 bits per heavy atom. The first-order valence-corrected chi connectivity index (χ1v) is 3.67. The summed E-state index contributed by atoms with van der Waals surface area (Å²) in [6.45, 7) is 3.59. The van der Waals surface area contributed by atoms with Gasteiger partial charge in [0, 0.05) is 6.42 Å². The highest BCUT2D eigenvalue weighted by atomic mass is 16.3. The predicted octanol–water partition coefficient (Wildman–Crippen LogP) is 1.46. The summed E-state index contributed by atoms with van der Waals surface area (Å²) >= 11 is 0. The van der Waals surface area contributed by atoms with Crippen LogP contribution in [0.2, 0.25) is 0 Å². The van der Waals surface area contributed by atoms with E-state index in [4.69, 9.17) is 5.11 Å². The fourth-order valence-electron chi connectivity index (χ4n) is 0.750. The van der Waals surface area contributed by atoms with Crippen molar-refractivity contribution in [1.82, 2.24) is 0 Å². The van der Waals surface area contributed by atoms with Gasteiger partial charge in [-0.25, -0.2) is 0 Å². The van der Waals surface area contributed by atoms with Crippen LogP contribution in [0.3, 0.4) is 0 Å². The van der Waals surface area contributed by atoms with Gasteiger partial charge in [0.05, 0.1) is 6.10 Å². The van der Waals surface area contributed by atoms with E-state index in [0.717, 1.165) is 0 Å². The molecule has 0 aromatic rings. The minimum Gasteiger partial charge on any atom is -0.389 e. The normalized spacial score (nSPS) is 14.5. The summed E-state index contributed by atoms with van der Waals surface area (Å²) in [7, 11) is 0. The zero-order valence-electron chi connectivity index (χ0n) is 6.95. The molecule has 2 nitrogen and oxygen atoms in total. The number of carbonyl (C=O) groups is 1. The van der Waals surface area contributed by atoms with Crippen molar-refractivity contribution in [2.24, 2.45) is 0 Å². The summed E-state index contributed by atoms with van der Waals surface area (Å²) in [4.78, 5) is 10.8. The maximum Gasteiger partial charge on any atom is 0.158 e. The molecule has 0 aromatic carbocycles. The Kier molecular flexibility index (Phi) is 5.39. The molecule has 0 aliphatic heterocycles. The molecule has 11 heavy (non-hydrogen) atoms. The van der Waals surface area contributed by atoms with E-state index in [1.54, 1.807) is 25.2 Å². The molecule has 1 unspecified atom stereocenters. The van der Waals surface area contributed by atoms with Gasteiger partial charge in [0.15, 0.2) is 5.78 Å². The summed E-state index contributed by atoms with van der Waals surface area (Å²) < 4.78 is 0. The molecule has 0 amide bonds. The lowest BCUT2D eigenvalue weighted by Gasteiger charge is -1.99. The van der Waals surface area contributed by atoms with E-state index in [1.165, 1.54) is 6.08 Å². The quantitative estimate of drug-likeness (QED) is 0.491. The van der Waals surface area contributed by atoms with E-state index < -0.39 is 6.10 Å². The van der Waals surface area contributed by atoms with Gasteiger partial charge in [0.1, 0.15) is 0 Å². The van der Waals surface area contributed by atoms with Gasteiger partial charge in [-0.05, 0) is 19.9 Å². The molecule has 1 atom stereocenters. The Balaban J connectivity index is 3.75. The van der Waals surface area contributed by atoms with Gasteiger partial charge >= 0.3 is 0 Å². The Labute approximate surface area is 67.2 Å². The van der Waals surface area contributed by atoms with Crippen molar-refractivity contribution in [1.29, 1.82) is 0 Å². The fourth-order valence-corrected chi connectivity index (χ4v) is 0.750. The van der Waals surface area contributed by atoms with Gasteiger partial charge in [-0.15, -0.1) is 0 Å². The second-order valence-corrected chi connectivity index (χ2v) is 2.26. The van der Waals surface area contributed by atoms with Gasteiger partial charge in [-0.1, -0.05) is 18.2 Å². The third-order valence-corrected chi connectivity index (χ3v) is 1.18. The number of ketones is 1. The maximum atomic E-state index is 10.8. The van der Waals surface area contributed by atoms with Crippen LogP contribution in [-0.2, 0) is 4.79 Å². The Morgan fingerprint density at radius 1 is 1.45 bits per heavy atom. The van der Waals surface area contributed by atoms with Gasteiger partial charge in [-0.3, -0.25) is 4.79 Å². The van der Waals surface area contributed by atoms with E-state index >= 15 is 0 Å². The summed E-state index contributed by atoms with van der Waals surface area (Å²) in [6.07, 6.45) is 6.00. The lowest BCUT2D eigenvalue weighted by Crippen LogP contribution is -2.08. The third-order valence-electron chi connectivity index (χ3n) is 1.18. The van der Waals surface area contributed by atoms with E-state index in [-0.39, 0.29) is 12.2 Å². The van der Waals surface area contributed by atoms with Gasteiger partial charge < -0.3 is 5.11 Å². The zero-order valence-corrected chi connectivity index (χ0v) is 6.95. The highest BCUT2D eigenvalue weighted by Crippen LogP contribution is 1.95. The molecule has 0 bridgehead atoms. The lowest BCUT2D eigenvalue weighted by molar-refractivity contribution is -0.115. The van der Waals surface area contributed by atoms with Gasteiger partial charge in [-0.2, -0.15) is 0 Å². The highest BCUT2D eigenvalue weighted by Gasteiger charge is 2.02. The SMILES string of the molecule is C/C=C/C(=O)CC(O)/C=C/C. The van der Waals surface area contributed by atoms with Crippen LogP contribution in [0, 0.1) is 0 Å². The average molecular weight is 154 g/mol. The first kappa shape index (κ1) is 10.1. The second-order valence-electron chi connectivity index (χ2n) is 2.26. The molecule has 0 saturated heterocycles. The summed E-state index contributed by atoms with van der Waals surface area (Å²) in [5, 5.41) is 9.10. The van der Waals surface area contributed by atoms with Crippen molar-refractivity contribution in [2.45, 2.75) is 26.4 Å².